The second-order valence-electron chi connectivity index (χ2n) is 28.1. The van der Waals surface area contributed by atoms with E-state index in [0.717, 1.165) is 0 Å². The van der Waals surface area contributed by atoms with Crippen LogP contribution >= 0.6 is 11.8 Å². The average Bonchev–Trinajstić information content (AvgIpc) is 3.48. The monoisotopic (exact) mass is 1170 g/mol. The Labute approximate surface area is 528 Å². The van der Waals surface area contributed by atoms with Gasteiger partial charge in [-0.15, -0.1) is 0 Å². The molecule has 0 aromatic rings. The van der Waals surface area contributed by atoms with Gasteiger partial charge in [-0.1, -0.05) is 495 Å². The van der Waals surface area contributed by atoms with Gasteiger partial charge in [0.05, 0.1) is 0 Å². The van der Waals surface area contributed by atoms with Crippen LogP contribution in [0.2, 0.25) is 0 Å². The molecule has 0 N–H and O–H groups in total. The fourth-order valence-corrected chi connectivity index (χ4v) is 14.6. The van der Waals surface area contributed by atoms with Gasteiger partial charge in [0.2, 0.25) is 0 Å². The maximum absolute atomic E-state index is 2.32. The molecule has 0 aliphatic rings. The minimum absolute atomic E-state index is 1.37. The summed E-state index contributed by atoms with van der Waals surface area (Å²) in [5.74, 6) is 2.83. The van der Waals surface area contributed by atoms with Gasteiger partial charge in [0.25, 0.3) is 0 Å². The standard InChI is InChI=1S/C81H164S/c1-3-5-7-9-11-13-15-17-18-19-20-21-22-23-24-25-26-27-28-29-30-31-32-33-34-35-36-37-38-39-40-41-42-43-44-45-46-47-48-49-50-51-52-53-54-55-56-57-58-59-60-61-62-63-64-65-66-67-69-71-73-75-77-79-81-82-80-78-76-74-72-70-68-16-14-12-10-8-6-4-2/h3-81H2,1-2H3. The molecule has 0 nitrogen and oxygen atoms in total. The number of hydrogen-bond acceptors (Lipinski definition) is 1. The van der Waals surface area contributed by atoms with Crippen molar-refractivity contribution in [2.45, 2.75) is 508 Å². The lowest BCUT2D eigenvalue weighted by molar-refractivity contribution is 0.506. The predicted molar refractivity (Wildman–Crippen MR) is 384 cm³/mol. The molecule has 0 atom stereocenters. The summed E-state index contributed by atoms with van der Waals surface area (Å²) in [5, 5.41) is 0. The second kappa shape index (κ2) is 81.3. The zero-order valence-electron chi connectivity index (χ0n) is 58.3. The van der Waals surface area contributed by atoms with Crippen LogP contribution in [0.15, 0.2) is 0 Å². The van der Waals surface area contributed by atoms with Crippen LogP contribution in [-0.4, -0.2) is 11.5 Å². The van der Waals surface area contributed by atoms with Gasteiger partial charge in [-0.3, -0.25) is 0 Å². The molecule has 82 heavy (non-hydrogen) atoms. The van der Waals surface area contributed by atoms with Crippen molar-refractivity contribution in [1.29, 1.82) is 0 Å². The van der Waals surface area contributed by atoms with Gasteiger partial charge in [0, 0.05) is 0 Å². The highest BCUT2D eigenvalue weighted by atomic mass is 32.2. The topological polar surface area (TPSA) is 0 Å². The van der Waals surface area contributed by atoms with Gasteiger partial charge >= 0.3 is 0 Å². The van der Waals surface area contributed by atoms with Crippen molar-refractivity contribution >= 4 is 11.8 Å². The number of thioether (sulfide) groups is 1. The summed E-state index contributed by atoms with van der Waals surface area (Å²) in [7, 11) is 0. The van der Waals surface area contributed by atoms with Crippen molar-refractivity contribution in [2.24, 2.45) is 0 Å². The number of rotatable bonds is 79. The lowest BCUT2D eigenvalue weighted by Gasteiger charge is -2.05. The Balaban J connectivity index is 3.08. The van der Waals surface area contributed by atoms with E-state index < -0.39 is 0 Å². The third-order valence-corrected chi connectivity index (χ3v) is 20.7. The molecule has 0 radical (unpaired) electrons. The summed E-state index contributed by atoms with van der Waals surface area (Å²) < 4.78 is 0. The fraction of sp³-hybridized carbons (Fsp3) is 1.00. The van der Waals surface area contributed by atoms with Gasteiger partial charge in [0.1, 0.15) is 0 Å². The molecule has 0 amide bonds. The molecule has 0 aliphatic heterocycles. The normalized spacial score (nSPS) is 11.8. The summed E-state index contributed by atoms with van der Waals surface area (Å²) in [6.45, 7) is 4.63. The van der Waals surface area contributed by atoms with Crippen LogP contribution in [0.3, 0.4) is 0 Å². The van der Waals surface area contributed by atoms with Crippen LogP contribution in [0.5, 0.6) is 0 Å². The first-order chi connectivity index (χ1) is 40.9. The summed E-state index contributed by atoms with van der Waals surface area (Å²) in [6.07, 6.45) is 115. The first-order valence-corrected chi connectivity index (χ1v) is 41.6. The Morgan fingerprint density at radius 3 is 0.256 bits per heavy atom. The molecule has 0 fully saturated rings. The molecular weight excluding hydrogens is 1000 g/mol. The van der Waals surface area contributed by atoms with E-state index in [1.165, 1.54) is 506 Å². The van der Waals surface area contributed by atoms with Crippen molar-refractivity contribution in [1.82, 2.24) is 0 Å². The Bertz CT molecular complexity index is 939. The summed E-state index contributed by atoms with van der Waals surface area (Å²) >= 11 is 2.24. The molecule has 0 spiro atoms. The van der Waals surface area contributed by atoms with Gasteiger partial charge in [-0.05, 0) is 24.3 Å². The smallest absolute Gasteiger partial charge is 0.00675 e. The number of unbranched alkanes of at least 4 members (excludes halogenated alkanes) is 75. The van der Waals surface area contributed by atoms with Crippen molar-refractivity contribution in [3.8, 4) is 0 Å². The molecule has 0 saturated carbocycles. The van der Waals surface area contributed by atoms with Crippen LogP contribution in [0.1, 0.15) is 508 Å². The first kappa shape index (κ1) is 82.3. The highest BCUT2D eigenvalue weighted by molar-refractivity contribution is 7.99. The maximum Gasteiger partial charge on any atom is -0.00675 e. The summed E-state index contributed by atoms with van der Waals surface area (Å²) in [5.41, 5.74) is 0. The van der Waals surface area contributed by atoms with Gasteiger partial charge < -0.3 is 0 Å². The van der Waals surface area contributed by atoms with Gasteiger partial charge in [-0.2, -0.15) is 11.8 Å². The van der Waals surface area contributed by atoms with E-state index in [1.807, 2.05) is 0 Å². The van der Waals surface area contributed by atoms with Crippen molar-refractivity contribution in [3.05, 3.63) is 0 Å². The highest BCUT2D eigenvalue weighted by Gasteiger charge is 2.02. The van der Waals surface area contributed by atoms with E-state index in [-0.39, 0.29) is 0 Å². The maximum atomic E-state index is 2.32. The molecule has 0 unspecified atom stereocenters. The van der Waals surface area contributed by atoms with E-state index in [0.29, 0.717) is 0 Å². The Kier molecular flexibility index (Phi) is 81.7. The number of hydrogen-bond donors (Lipinski definition) is 0. The first-order valence-electron chi connectivity index (χ1n) is 40.5. The zero-order valence-corrected chi connectivity index (χ0v) is 59.1. The molecule has 0 bridgehead atoms. The van der Waals surface area contributed by atoms with Crippen molar-refractivity contribution < 1.29 is 0 Å². The SMILES string of the molecule is CCCCCCCCCCCCCCCCCCCCCCCCCCCCCCCCCCCCCCCCCCCCCCCCCCCCCCCCCCCCCCCCCCSCCCCCCCCCCCCCCC. The largest absolute Gasteiger partial charge is 0.162 e. The second-order valence-corrected chi connectivity index (χ2v) is 29.4. The third-order valence-electron chi connectivity index (χ3n) is 19.5. The highest BCUT2D eigenvalue weighted by Crippen LogP contribution is 2.22. The lowest BCUT2D eigenvalue weighted by atomic mass is 10.0. The van der Waals surface area contributed by atoms with E-state index >= 15 is 0 Å². The van der Waals surface area contributed by atoms with Crippen LogP contribution < -0.4 is 0 Å². The van der Waals surface area contributed by atoms with E-state index in [4.69, 9.17) is 0 Å². The molecule has 0 aliphatic carbocycles. The summed E-state index contributed by atoms with van der Waals surface area (Å²) in [6, 6.07) is 0. The van der Waals surface area contributed by atoms with Gasteiger partial charge in [-0.25, -0.2) is 0 Å². The minimum Gasteiger partial charge on any atom is -0.162 e. The Hall–Kier alpha value is 0.350. The van der Waals surface area contributed by atoms with E-state index in [9.17, 15) is 0 Å². The summed E-state index contributed by atoms with van der Waals surface area (Å²) in [4.78, 5) is 0. The van der Waals surface area contributed by atoms with E-state index in [1.54, 1.807) is 0 Å². The molecule has 0 saturated heterocycles. The van der Waals surface area contributed by atoms with Crippen LogP contribution in [-0.2, 0) is 0 Å². The predicted octanol–water partition coefficient (Wildman–Crippen LogP) is 31.8. The zero-order chi connectivity index (χ0) is 58.6. The van der Waals surface area contributed by atoms with Crippen LogP contribution in [0, 0.1) is 0 Å². The quantitative estimate of drug-likeness (QED) is 0.0547. The Morgan fingerprint density at radius 1 is 0.0976 bits per heavy atom. The van der Waals surface area contributed by atoms with Crippen molar-refractivity contribution in [3.63, 3.8) is 0 Å². The molecule has 0 aromatic heterocycles. The van der Waals surface area contributed by atoms with E-state index in [2.05, 4.69) is 25.6 Å². The van der Waals surface area contributed by atoms with Crippen LogP contribution in [0.4, 0.5) is 0 Å². The molecule has 0 heterocycles. The van der Waals surface area contributed by atoms with Gasteiger partial charge in [0.15, 0.2) is 0 Å². The fourth-order valence-electron chi connectivity index (χ4n) is 13.6. The molecule has 0 rings (SSSR count). The Morgan fingerprint density at radius 2 is 0.171 bits per heavy atom. The third kappa shape index (κ3) is 80.3. The lowest BCUT2D eigenvalue weighted by Crippen LogP contribution is -1.87. The molecule has 494 valence electrons. The van der Waals surface area contributed by atoms with Crippen LogP contribution in [0.25, 0.3) is 0 Å². The molecular formula is C81H164S. The average molecular weight is 1170 g/mol. The minimum atomic E-state index is 1.37. The van der Waals surface area contributed by atoms with Crippen molar-refractivity contribution in [2.75, 3.05) is 11.5 Å². The molecule has 1 heteroatoms. The molecule has 0 aromatic carbocycles.